The quantitative estimate of drug-likeness (QED) is 0.314. The van der Waals surface area contributed by atoms with Crippen LogP contribution in [-0.4, -0.2) is 54.0 Å². The number of nitrogens with one attached hydrogen (secondary N) is 1. The monoisotopic (exact) mass is 682 g/mol. The topological polar surface area (TPSA) is 69.6 Å². The summed E-state index contributed by atoms with van der Waals surface area (Å²) in [5.41, 5.74) is 1.26. The normalized spacial score (nSPS) is 41.0. The molecule has 5 nitrogen and oxygen atoms in total. The lowest BCUT2D eigenvalue weighted by atomic mass is 9.32. The Balaban J connectivity index is 1.10. The molecule has 49 heavy (non-hydrogen) atoms. The van der Waals surface area contributed by atoms with Crippen LogP contribution >= 0.6 is 0 Å². The van der Waals surface area contributed by atoms with Crippen LogP contribution in [0.1, 0.15) is 128 Å². The van der Waals surface area contributed by atoms with E-state index < -0.39 is 17.7 Å². The molecule has 1 aromatic rings. The van der Waals surface area contributed by atoms with Crippen molar-refractivity contribution in [3.63, 3.8) is 0 Å². The molecule has 5 aliphatic carbocycles. The van der Waals surface area contributed by atoms with E-state index in [-0.39, 0.29) is 51.4 Å². The van der Waals surface area contributed by atoms with Gasteiger partial charge in [0, 0.05) is 44.6 Å². The summed E-state index contributed by atoms with van der Waals surface area (Å²) >= 11 is 0. The van der Waals surface area contributed by atoms with Crippen LogP contribution < -0.4 is 5.32 Å². The van der Waals surface area contributed by atoms with Gasteiger partial charge in [0.1, 0.15) is 5.82 Å². The van der Waals surface area contributed by atoms with Gasteiger partial charge in [0.2, 0.25) is 5.91 Å². The van der Waals surface area contributed by atoms with Gasteiger partial charge in [0.15, 0.2) is 0 Å². The first-order valence-corrected chi connectivity index (χ1v) is 19.1. The zero-order valence-electron chi connectivity index (χ0n) is 30.3. The van der Waals surface area contributed by atoms with E-state index in [1.54, 1.807) is 6.07 Å². The standard InChI is InChI=1S/C41H57F3N2O3/c1-36(2)28(27-9-8-26(34(47)48)25-31(27)42)12-15-37(3)32(36)13-16-39(5)33(37)11-10-29-30-7-6-14-40(30,18-17-38(29,39)4)35(49)45-21-24-46-22-19-41(43,44)20-23-46/h8-9,12,25,29-30,32-33H,6-7,10-11,13-24H2,1-5H3,(H,45,49)(H,47,48)/t29-,30-,32+,33-,37+,38-,39-,40+/m1/s1. The zero-order chi connectivity index (χ0) is 35.2. The van der Waals surface area contributed by atoms with E-state index in [2.05, 4.69) is 50.9 Å². The number of halogens is 3. The first-order valence-electron chi connectivity index (χ1n) is 19.1. The van der Waals surface area contributed by atoms with Gasteiger partial charge in [-0.05, 0) is 121 Å². The van der Waals surface area contributed by atoms with Crippen LogP contribution in [0.3, 0.4) is 0 Å². The molecule has 5 fully saturated rings. The van der Waals surface area contributed by atoms with Crippen LogP contribution in [0, 0.1) is 56.6 Å². The fourth-order valence-electron chi connectivity index (χ4n) is 13.5. The Morgan fingerprint density at radius 3 is 2.31 bits per heavy atom. The van der Waals surface area contributed by atoms with Crippen LogP contribution in [0.15, 0.2) is 24.3 Å². The second-order valence-corrected chi connectivity index (χ2v) is 18.3. The molecule has 0 unspecified atom stereocenters. The first kappa shape index (κ1) is 35.1. The molecule has 6 aliphatic rings. The van der Waals surface area contributed by atoms with Crippen molar-refractivity contribution >= 4 is 17.4 Å². The number of carbonyl (C=O) groups is 2. The first-order chi connectivity index (χ1) is 23.0. The van der Waals surface area contributed by atoms with Crippen molar-refractivity contribution in [3.05, 3.63) is 41.2 Å². The van der Waals surface area contributed by atoms with E-state index in [4.69, 9.17) is 0 Å². The maximum Gasteiger partial charge on any atom is 0.335 e. The largest absolute Gasteiger partial charge is 0.478 e. The fourth-order valence-corrected chi connectivity index (χ4v) is 13.5. The van der Waals surface area contributed by atoms with Crippen LogP contribution in [0.2, 0.25) is 0 Å². The number of piperidine rings is 1. The molecule has 0 spiro atoms. The third-order valence-corrected chi connectivity index (χ3v) is 16.2. The summed E-state index contributed by atoms with van der Waals surface area (Å²) in [6.07, 6.45) is 12.6. The van der Waals surface area contributed by atoms with Crippen molar-refractivity contribution < 1.29 is 27.9 Å². The number of alkyl halides is 2. The molecule has 1 aromatic carbocycles. The Morgan fingerprint density at radius 2 is 1.61 bits per heavy atom. The number of benzene rings is 1. The van der Waals surface area contributed by atoms with Crippen LogP contribution in [0.4, 0.5) is 13.2 Å². The molecule has 2 N–H and O–H groups in total. The van der Waals surface area contributed by atoms with Crippen LogP contribution in [0.5, 0.6) is 0 Å². The summed E-state index contributed by atoms with van der Waals surface area (Å²) < 4.78 is 42.7. The summed E-state index contributed by atoms with van der Waals surface area (Å²) in [5, 5.41) is 12.7. The molecule has 1 amide bonds. The van der Waals surface area contributed by atoms with Gasteiger partial charge in [0.05, 0.1) is 11.0 Å². The molecular weight excluding hydrogens is 625 g/mol. The van der Waals surface area contributed by atoms with Crippen molar-refractivity contribution in [2.75, 3.05) is 26.2 Å². The smallest absolute Gasteiger partial charge is 0.335 e. The minimum atomic E-state index is -2.55. The minimum Gasteiger partial charge on any atom is -0.478 e. The second kappa shape index (κ2) is 11.8. The molecule has 1 heterocycles. The zero-order valence-corrected chi connectivity index (χ0v) is 30.3. The number of allylic oxidation sites excluding steroid dienone is 2. The van der Waals surface area contributed by atoms with Gasteiger partial charge in [-0.25, -0.2) is 18.0 Å². The second-order valence-electron chi connectivity index (χ2n) is 18.3. The highest BCUT2D eigenvalue weighted by atomic mass is 19.3. The van der Waals surface area contributed by atoms with Gasteiger partial charge in [-0.3, -0.25) is 4.79 Å². The lowest BCUT2D eigenvalue weighted by Gasteiger charge is -2.72. The molecule has 0 bridgehead atoms. The Labute approximate surface area is 290 Å². The Kier molecular flexibility index (Phi) is 8.48. The SMILES string of the molecule is CC1(C)C(c2ccc(C(=O)O)cc2F)=CC[C@]2(C)[C@H]3CC[C@@H]4[C@H]5CCC[C@]5(C(=O)NCCN5CCC(F)(F)CC5)CC[C@@]4(C)[C@]3(C)CC[C@@H]12. The number of carboxylic acid groups (broad SMARTS) is 1. The average Bonchev–Trinajstić information content (AvgIpc) is 3.48. The van der Waals surface area contributed by atoms with Crippen molar-refractivity contribution in [3.8, 4) is 0 Å². The van der Waals surface area contributed by atoms with E-state index in [9.17, 15) is 23.5 Å². The number of carboxylic acids is 1. The predicted molar refractivity (Wildman–Crippen MR) is 186 cm³/mol. The number of fused-ring (bicyclic) bond motifs is 7. The van der Waals surface area contributed by atoms with Gasteiger partial charge in [-0.2, -0.15) is 0 Å². The summed E-state index contributed by atoms with van der Waals surface area (Å²) in [6, 6.07) is 4.35. The van der Waals surface area contributed by atoms with Crippen molar-refractivity contribution in [1.82, 2.24) is 10.2 Å². The fraction of sp³-hybridized carbons (Fsp3) is 0.756. The summed E-state index contributed by atoms with van der Waals surface area (Å²) in [5.74, 6) is -2.14. The van der Waals surface area contributed by atoms with Gasteiger partial charge in [-0.15, -0.1) is 0 Å². The number of likely N-dealkylation sites (tertiary alicyclic amines) is 1. The van der Waals surface area contributed by atoms with Gasteiger partial charge >= 0.3 is 5.97 Å². The Bertz CT molecular complexity index is 1530. The maximum absolute atomic E-state index is 15.4. The van der Waals surface area contributed by atoms with E-state index in [0.717, 1.165) is 75.8 Å². The Hall–Kier alpha value is -2.35. The van der Waals surface area contributed by atoms with Crippen molar-refractivity contribution in [1.29, 1.82) is 0 Å². The summed E-state index contributed by atoms with van der Waals surface area (Å²) in [6.45, 7) is 14.1. The minimum absolute atomic E-state index is 0.0258. The highest BCUT2D eigenvalue weighted by Gasteiger charge is 2.70. The highest BCUT2D eigenvalue weighted by Crippen LogP contribution is 2.77. The van der Waals surface area contributed by atoms with E-state index in [0.29, 0.717) is 55.4 Å². The molecule has 0 aromatic heterocycles. The molecule has 1 aliphatic heterocycles. The van der Waals surface area contributed by atoms with Crippen LogP contribution in [-0.2, 0) is 4.79 Å². The molecule has 1 saturated heterocycles. The number of hydrogen-bond donors (Lipinski definition) is 2. The number of amides is 1. The van der Waals surface area contributed by atoms with Gasteiger partial charge in [-0.1, -0.05) is 53.2 Å². The van der Waals surface area contributed by atoms with E-state index in [1.165, 1.54) is 6.07 Å². The maximum atomic E-state index is 15.4. The molecule has 7 rings (SSSR count). The molecule has 8 atom stereocenters. The Morgan fingerprint density at radius 1 is 0.878 bits per heavy atom. The van der Waals surface area contributed by atoms with Crippen molar-refractivity contribution in [2.45, 2.75) is 118 Å². The lowest BCUT2D eigenvalue weighted by molar-refractivity contribution is -0.222. The highest BCUT2D eigenvalue weighted by molar-refractivity contribution is 5.88. The number of hydrogen-bond acceptors (Lipinski definition) is 3. The van der Waals surface area contributed by atoms with Crippen LogP contribution in [0.25, 0.3) is 5.57 Å². The molecule has 4 saturated carbocycles. The average molecular weight is 683 g/mol. The number of aromatic carboxylic acids is 1. The predicted octanol–water partition coefficient (Wildman–Crippen LogP) is 9.22. The van der Waals surface area contributed by atoms with Crippen molar-refractivity contribution in [2.24, 2.45) is 50.7 Å². The third-order valence-electron chi connectivity index (χ3n) is 16.2. The number of carbonyl (C=O) groups excluding carboxylic acids is 1. The number of nitrogens with zero attached hydrogens (tertiary/aromatic N) is 1. The lowest BCUT2D eigenvalue weighted by Crippen LogP contribution is -2.66. The summed E-state index contributed by atoms with van der Waals surface area (Å²) in [4.78, 5) is 27.7. The van der Waals surface area contributed by atoms with E-state index in [1.807, 2.05) is 0 Å². The van der Waals surface area contributed by atoms with Gasteiger partial charge in [0.25, 0.3) is 5.92 Å². The van der Waals surface area contributed by atoms with E-state index >= 15 is 4.39 Å². The summed E-state index contributed by atoms with van der Waals surface area (Å²) in [7, 11) is 0. The number of rotatable bonds is 6. The molecular formula is C41H57F3N2O3. The molecule has 8 heteroatoms. The van der Waals surface area contributed by atoms with Gasteiger partial charge < -0.3 is 15.3 Å². The molecule has 0 radical (unpaired) electrons. The third kappa shape index (κ3) is 5.26. The molecule has 270 valence electrons.